The van der Waals surface area contributed by atoms with Crippen LogP contribution in [0.25, 0.3) is 0 Å². The van der Waals surface area contributed by atoms with Gasteiger partial charge in [-0.2, -0.15) is 5.10 Å². The molecule has 3 aliphatic rings. The summed E-state index contributed by atoms with van der Waals surface area (Å²) in [6.45, 7) is 1.16. The quantitative estimate of drug-likeness (QED) is 0.854. The fraction of sp³-hybridized carbons (Fsp3) is 0.450. The van der Waals surface area contributed by atoms with Crippen molar-refractivity contribution in [2.45, 2.75) is 37.7 Å². The Hall–Kier alpha value is -2.63. The molecule has 1 spiro atoms. The summed E-state index contributed by atoms with van der Waals surface area (Å²) in [5.74, 6) is 0.950. The number of hydrogen-bond donors (Lipinski definition) is 1. The molecule has 1 aliphatic carbocycles. The molecule has 1 amide bonds. The number of carbonyl (C=O) groups excluding carboxylic acids is 2. The molecule has 5 rings (SSSR count). The molecule has 1 aromatic heterocycles. The second-order valence-corrected chi connectivity index (χ2v) is 7.70. The van der Waals surface area contributed by atoms with Gasteiger partial charge in [-0.05, 0) is 37.0 Å². The van der Waals surface area contributed by atoms with Crippen molar-refractivity contribution in [3.05, 3.63) is 47.3 Å². The standard InChI is InChI=1S/C20H21N3O3/c24-17-10-20(26-18-4-2-1-3-15(17)18)7-8-23(12-20)19(25)13-5-6-16-14(9-13)11-21-22-16/h1-4,11,13H,5-10,12H2,(H,21,22). The van der Waals surface area contributed by atoms with Crippen LogP contribution in [0.4, 0.5) is 0 Å². The molecule has 6 heteroatoms. The third kappa shape index (κ3) is 2.43. The van der Waals surface area contributed by atoms with Crippen molar-refractivity contribution in [2.24, 2.45) is 5.92 Å². The van der Waals surface area contributed by atoms with Gasteiger partial charge in [0.2, 0.25) is 5.91 Å². The lowest BCUT2D eigenvalue weighted by Crippen LogP contribution is -2.46. The highest BCUT2D eigenvalue weighted by Crippen LogP contribution is 2.39. The van der Waals surface area contributed by atoms with Crippen molar-refractivity contribution >= 4 is 11.7 Å². The van der Waals surface area contributed by atoms with Gasteiger partial charge in [0, 0.05) is 24.6 Å². The van der Waals surface area contributed by atoms with Crippen molar-refractivity contribution in [3.8, 4) is 5.75 Å². The molecule has 6 nitrogen and oxygen atoms in total. The number of rotatable bonds is 1. The Morgan fingerprint density at radius 1 is 1.35 bits per heavy atom. The molecule has 1 fully saturated rings. The second kappa shape index (κ2) is 5.69. The Bertz CT molecular complexity index is 890. The fourth-order valence-corrected chi connectivity index (χ4v) is 4.59. The maximum Gasteiger partial charge on any atom is 0.226 e. The zero-order valence-corrected chi connectivity index (χ0v) is 14.5. The number of ether oxygens (including phenoxy) is 1. The Morgan fingerprint density at radius 3 is 3.15 bits per heavy atom. The van der Waals surface area contributed by atoms with E-state index in [1.807, 2.05) is 35.4 Å². The summed E-state index contributed by atoms with van der Waals surface area (Å²) in [4.78, 5) is 27.5. The first kappa shape index (κ1) is 15.6. The van der Waals surface area contributed by atoms with Crippen LogP contribution in [-0.4, -0.2) is 45.5 Å². The summed E-state index contributed by atoms with van der Waals surface area (Å²) >= 11 is 0. The summed E-state index contributed by atoms with van der Waals surface area (Å²) < 4.78 is 6.23. The summed E-state index contributed by atoms with van der Waals surface area (Å²) in [5, 5.41) is 7.10. The summed E-state index contributed by atoms with van der Waals surface area (Å²) in [7, 11) is 0. The number of aryl methyl sites for hydroxylation is 1. The topological polar surface area (TPSA) is 75.3 Å². The number of Topliss-reactive ketones (excluding diaryl/α,β-unsaturated/α-hetero) is 1. The van der Waals surface area contributed by atoms with Gasteiger partial charge in [-0.1, -0.05) is 12.1 Å². The molecule has 2 atom stereocenters. The Balaban J connectivity index is 1.32. The van der Waals surface area contributed by atoms with E-state index in [0.29, 0.717) is 37.2 Å². The SMILES string of the molecule is O=C1CC2(CCN(C(=O)C3CCc4[nH]ncc4C3)C2)Oc2ccccc21. The first-order valence-electron chi connectivity index (χ1n) is 9.25. The first-order valence-corrected chi connectivity index (χ1v) is 9.25. The molecule has 1 aromatic carbocycles. The van der Waals surface area contributed by atoms with Gasteiger partial charge in [0.15, 0.2) is 5.78 Å². The number of H-pyrrole nitrogens is 1. The molecule has 3 heterocycles. The van der Waals surface area contributed by atoms with E-state index < -0.39 is 5.60 Å². The van der Waals surface area contributed by atoms with Crippen LogP contribution in [0.5, 0.6) is 5.75 Å². The van der Waals surface area contributed by atoms with Crippen LogP contribution in [0, 0.1) is 5.92 Å². The number of hydrogen-bond acceptors (Lipinski definition) is 4. The van der Waals surface area contributed by atoms with Crippen molar-refractivity contribution in [1.82, 2.24) is 15.1 Å². The van der Waals surface area contributed by atoms with Gasteiger partial charge in [-0.3, -0.25) is 14.7 Å². The van der Waals surface area contributed by atoms with E-state index >= 15 is 0 Å². The zero-order valence-electron chi connectivity index (χ0n) is 14.5. The number of carbonyl (C=O) groups is 2. The molecular formula is C20H21N3O3. The molecule has 0 radical (unpaired) electrons. The number of fused-ring (bicyclic) bond motifs is 2. The normalized spacial score (nSPS) is 27.2. The lowest BCUT2D eigenvalue weighted by Gasteiger charge is -2.35. The molecule has 2 aromatic rings. The molecule has 26 heavy (non-hydrogen) atoms. The van der Waals surface area contributed by atoms with Gasteiger partial charge < -0.3 is 9.64 Å². The third-order valence-corrected chi connectivity index (χ3v) is 5.99. The zero-order chi connectivity index (χ0) is 17.7. The second-order valence-electron chi connectivity index (χ2n) is 7.70. The van der Waals surface area contributed by atoms with Gasteiger partial charge >= 0.3 is 0 Å². The number of amides is 1. The number of nitrogens with one attached hydrogen (secondary N) is 1. The molecule has 134 valence electrons. The lowest BCUT2D eigenvalue weighted by molar-refractivity contribution is -0.135. The van der Waals surface area contributed by atoms with Crippen LogP contribution in [0.2, 0.25) is 0 Å². The van der Waals surface area contributed by atoms with Gasteiger partial charge in [-0.15, -0.1) is 0 Å². The van der Waals surface area contributed by atoms with Crippen LogP contribution in [0.1, 0.15) is 40.9 Å². The number of aromatic amines is 1. The van der Waals surface area contributed by atoms with Gasteiger partial charge in [0.1, 0.15) is 11.4 Å². The summed E-state index contributed by atoms with van der Waals surface area (Å²) in [6, 6.07) is 7.40. The van der Waals surface area contributed by atoms with Crippen molar-refractivity contribution in [1.29, 1.82) is 0 Å². The number of aromatic nitrogens is 2. The van der Waals surface area contributed by atoms with E-state index in [1.54, 1.807) is 0 Å². The number of ketones is 1. The summed E-state index contributed by atoms with van der Waals surface area (Å²) in [5.41, 5.74) is 2.41. The number of benzene rings is 1. The van der Waals surface area contributed by atoms with Crippen molar-refractivity contribution in [2.75, 3.05) is 13.1 Å². The van der Waals surface area contributed by atoms with Crippen LogP contribution in [-0.2, 0) is 17.6 Å². The van der Waals surface area contributed by atoms with E-state index in [4.69, 9.17) is 4.74 Å². The van der Waals surface area contributed by atoms with Crippen LogP contribution in [0.3, 0.4) is 0 Å². The molecule has 1 saturated heterocycles. The minimum atomic E-state index is -0.559. The Labute approximate surface area is 151 Å². The minimum absolute atomic E-state index is 0.00169. The molecule has 0 bridgehead atoms. The van der Waals surface area contributed by atoms with Crippen LogP contribution >= 0.6 is 0 Å². The molecule has 1 N–H and O–H groups in total. The van der Waals surface area contributed by atoms with Crippen molar-refractivity contribution < 1.29 is 14.3 Å². The predicted molar refractivity (Wildman–Crippen MR) is 94.0 cm³/mol. The number of nitrogens with zero attached hydrogens (tertiary/aromatic N) is 2. The predicted octanol–water partition coefficient (Wildman–Crippen LogP) is 2.15. The maximum atomic E-state index is 13.0. The number of likely N-dealkylation sites (tertiary alicyclic amines) is 1. The van der Waals surface area contributed by atoms with Gasteiger partial charge in [0.25, 0.3) is 0 Å². The van der Waals surface area contributed by atoms with E-state index in [-0.39, 0.29) is 17.6 Å². The van der Waals surface area contributed by atoms with Crippen LogP contribution < -0.4 is 4.74 Å². The molecular weight excluding hydrogens is 330 g/mol. The average Bonchev–Trinajstić information content (AvgIpc) is 3.27. The summed E-state index contributed by atoms with van der Waals surface area (Å²) in [6.07, 6.45) is 5.36. The first-order chi connectivity index (χ1) is 12.6. The maximum absolute atomic E-state index is 13.0. The monoisotopic (exact) mass is 351 g/mol. The smallest absolute Gasteiger partial charge is 0.226 e. The average molecular weight is 351 g/mol. The van der Waals surface area contributed by atoms with Gasteiger partial charge in [-0.25, -0.2) is 0 Å². The van der Waals surface area contributed by atoms with E-state index in [0.717, 1.165) is 30.5 Å². The Morgan fingerprint density at radius 2 is 2.23 bits per heavy atom. The third-order valence-electron chi connectivity index (χ3n) is 5.99. The van der Waals surface area contributed by atoms with Crippen LogP contribution in [0.15, 0.2) is 30.5 Å². The fourth-order valence-electron chi connectivity index (χ4n) is 4.59. The highest BCUT2D eigenvalue weighted by molar-refractivity contribution is 6.00. The minimum Gasteiger partial charge on any atom is -0.484 e. The highest BCUT2D eigenvalue weighted by Gasteiger charge is 2.47. The van der Waals surface area contributed by atoms with Gasteiger partial charge in [0.05, 0.1) is 24.7 Å². The lowest BCUT2D eigenvalue weighted by atomic mass is 9.86. The van der Waals surface area contributed by atoms with E-state index in [9.17, 15) is 9.59 Å². The largest absolute Gasteiger partial charge is 0.484 e. The van der Waals surface area contributed by atoms with Crippen molar-refractivity contribution in [3.63, 3.8) is 0 Å². The highest BCUT2D eigenvalue weighted by atomic mass is 16.5. The Kier molecular flexibility index (Phi) is 3.42. The molecule has 2 unspecified atom stereocenters. The molecule has 2 aliphatic heterocycles. The van der Waals surface area contributed by atoms with E-state index in [2.05, 4.69) is 10.2 Å². The molecule has 0 saturated carbocycles. The van der Waals surface area contributed by atoms with E-state index in [1.165, 1.54) is 0 Å². The number of para-hydroxylation sites is 1.